The van der Waals surface area contributed by atoms with Crippen LogP contribution < -0.4 is 4.90 Å². The number of hydrogen-bond donors (Lipinski definition) is 0. The van der Waals surface area contributed by atoms with E-state index in [2.05, 4.69) is 0 Å². The van der Waals surface area contributed by atoms with Crippen molar-refractivity contribution in [1.82, 2.24) is 0 Å². The Morgan fingerprint density at radius 1 is 1.05 bits per heavy atom. The van der Waals surface area contributed by atoms with Crippen LogP contribution in [0.5, 0.6) is 0 Å². The maximum Gasteiger partial charge on any atom is 0.241 e. The Morgan fingerprint density at radius 3 is 2.14 bits per heavy atom. The van der Waals surface area contributed by atoms with Gasteiger partial charge in [-0.3, -0.25) is 9.59 Å². The molecule has 21 heavy (non-hydrogen) atoms. The van der Waals surface area contributed by atoms with Gasteiger partial charge in [0.25, 0.3) is 0 Å². The second-order valence-electron chi connectivity index (χ2n) is 6.61. The first-order valence-corrected chi connectivity index (χ1v) is 7.21. The Bertz CT molecular complexity index is 674. The van der Waals surface area contributed by atoms with Crippen molar-refractivity contribution in [3.8, 4) is 0 Å². The Morgan fingerprint density at radius 2 is 1.62 bits per heavy atom. The average molecular weight is 283 g/mol. The number of aryl methyl sites for hydroxylation is 1. The Hall–Kier alpha value is -1.94. The van der Waals surface area contributed by atoms with Crippen LogP contribution >= 0.6 is 0 Å². The van der Waals surface area contributed by atoms with E-state index in [1.165, 1.54) is 4.90 Å². The predicted octanol–water partition coefficient (Wildman–Crippen LogP) is 2.22. The molecule has 0 unspecified atom stereocenters. The monoisotopic (exact) mass is 283 g/mol. The minimum atomic E-state index is -0.662. The van der Waals surface area contributed by atoms with E-state index >= 15 is 0 Å². The van der Waals surface area contributed by atoms with E-state index in [0.29, 0.717) is 5.69 Å². The summed E-state index contributed by atoms with van der Waals surface area (Å²) in [5, 5.41) is 0. The SMILES string of the molecule is Cc1cccc(N2C(=O)[C@@H]3[C@H](C2=O)[C@]2(C)C=C[C@]3(C)O2)c1. The molecule has 1 aromatic rings. The van der Waals surface area contributed by atoms with E-state index in [0.717, 1.165) is 5.56 Å². The van der Waals surface area contributed by atoms with Crippen molar-refractivity contribution in [2.75, 3.05) is 4.90 Å². The number of carbonyl (C=O) groups is 2. The number of benzene rings is 1. The summed E-state index contributed by atoms with van der Waals surface area (Å²) in [4.78, 5) is 27.0. The third-order valence-electron chi connectivity index (χ3n) is 4.99. The molecule has 0 N–H and O–H groups in total. The summed E-state index contributed by atoms with van der Waals surface area (Å²) in [5.74, 6) is -1.13. The van der Waals surface area contributed by atoms with E-state index in [1.54, 1.807) is 0 Å². The molecule has 2 bridgehead atoms. The third kappa shape index (κ3) is 1.43. The molecular weight excluding hydrogens is 266 g/mol. The summed E-state index contributed by atoms with van der Waals surface area (Å²) in [7, 11) is 0. The van der Waals surface area contributed by atoms with Gasteiger partial charge in [-0.1, -0.05) is 24.3 Å². The van der Waals surface area contributed by atoms with Gasteiger partial charge in [-0.15, -0.1) is 0 Å². The molecule has 2 amide bonds. The van der Waals surface area contributed by atoms with E-state index in [1.807, 2.05) is 57.2 Å². The van der Waals surface area contributed by atoms with Gasteiger partial charge in [0.1, 0.15) is 0 Å². The maximum absolute atomic E-state index is 12.8. The third-order valence-corrected chi connectivity index (χ3v) is 4.99. The summed E-state index contributed by atoms with van der Waals surface area (Å²) >= 11 is 0. The van der Waals surface area contributed by atoms with E-state index < -0.39 is 23.0 Å². The first kappa shape index (κ1) is 12.8. The van der Waals surface area contributed by atoms with Gasteiger partial charge in [-0.25, -0.2) is 4.90 Å². The van der Waals surface area contributed by atoms with Gasteiger partial charge < -0.3 is 4.74 Å². The lowest BCUT2D eigenvalue weighted by atomic mass is 9.73. The second kappa shape index (κ2) is 3.63. The highest BCUT2D eigenvalue weighted by Gasteiger charge is 2.70. The van der Waals surface area contributed by atoms with Gasteiger partial charge >= 0.3 is 0 Å². The maximum atomic E-state index is 12.8. The van der Waals surface area contributed by atoms with Gasteiger partial charge in [0.05, 0.1) is 28.7 Å². The first-order valence-electron chi connectivity index (χ1n) is 7.21. The number of anilines is 1. The van der Waals surface area contributed by atoms with Crippen LogP contribution in [0.25, 0.3) is 0 Å². The molecule has 0 spiro atoms. The van der Waals surface area contributed by atoms with Crippen molar-refractivity contribution < 1.29 is 14.3 Å². The van der Waals surface area contributed by atoms with E-state index in [9.17, 15) is 9.59 Å². The fourth-order valence-electron chi connectivity index (χ4n) is 4.05. The number of fused-ring (bicyclic) bond motifs is 5. The summed E-state index contributed by atoms with van der Waals surface area (Å²) in [6.07, 6.45) is 3.86. The van der Waals surface area contributed by atoms with Crippen molar-refractivity contribution in [2.45, 2.75) is 32.0 Å². The largest absolute Gasteiger partial charge is 0.359 e. The number of imide groups is 1. The number of carbonyl (C=O) groups excluding carboxylic acids is 2. The summed E-state index contributed by atoms with van der Waals surface area (Å²) in [6, 6.07) is 7.50. The smallest absolute Gasteiger partial charge is 0.241 e. The van der Waals surface area contributed by atoms with Crippen molar-refractivity contribution in [3.63, 3.8) is 0 Å². The van der Waals surface area contributed by atoms with Gasteiger partial charge in [-0.2, -0.15) is 0 Å². The highest BCUT2D eigenvalue weighted by Crippen LogP contribution is 2.57. The zero-order valence-corrected chi connectivity index (χ0v) is 12.3. The molecule has 4 heteroatoms. The standard InChI is InChI=1S/C17H17NO3/c1-10-5-4-6-11(9-10)18-14(19)12-13(15(18)20)17(3)8-7-16(12,2)21-17/h4-9,12-13H,1-3H3/t12-,13+,16-,17-/m0/s1. The molecule has 4 nitrogen and oxygen atoms in total. The lowest BCUT2D eigenvalue weighted by Crippen LogP contribution is -2.39. The molecule has 2 saturated heterocycles. The van der Waals surface area contributed by atoms with Crippen LogP contribution in [0.4, 0.5) is 5.69 Å². The number of ether oxygens (including phenoxy) is 1. The summed E-state index contributed by atoms with van der Waals surface area (Å²) in [6.45, 7) is 5.74. The molecule has 108 valence electrons. The molecule has 3 aliphatic heterocycles. The lowest BCUT2D eigenvalue weighted by Gasteiger charge is -2.25. The van der Waals surface area contributed by atoms with Crippen LogP contribution in [0, 0.1) is 18.8 Å². The van der Waals surface area contributed by atoms with Crippen molar-refractivity contribution in [2.24, 2.45) is 11.8 Å². The van der Waals surface area contributed by atoms with Crippen molar-refractivity contribution in [3.05, 3.63) is 42.0 Å². The lowest BCUT2D eigenvalue weighted by molar-refractivity contribution is -0.128. The summed E-state index contributed by atoms with van der Waals surface area (Å²) in [5.41, 5.74) is 0.362. The fraction of sp³-hybridized carbons (Fsp3) is 0.412. The zero-order valence-electron chi connectivity index (χ0n) is 12.3. The molecule has 4 atom stereocenters. The second-order valence-corrected chi connectivity index (χ2v) is 6.61. The van der Waals surface area contributed by atoms with Crippen LogP contribution in [0.3, 0.4) is 0 Å². The van der Waals surface area contributed by atoms with Crippen molar-refractivity contribution >= 4 is 17.5 Å². The van der Waals surface area contributed by atoms with Crippen LogP contribution in [-0.2, 0) is 14.3 Å². The van der Waals surface area contributed by atoms with Gasteiger partial charge in [-0.05, 0) is 38.5 Å². The minimum Gasteiger partial charge on any atom is -0.359 e. The van der Waals surface area contributed by atoms with Crippen LogP contribution in [0.15, 0.2) is 36.4 Å². The molecule has 2 fully saturated rings. The van der Waals surface area contributed by atoms with Gasteiger partial charge in [0.15, 0.2) is 0 Å². The fourth-order valence-corrected chi connectivity index (χ4v) is 4.05. The molecule has 0 aromatic heterocycles. The Balaban J connectivity index is 1.82. The molecule has 0 aliphatic carbocycles. The number of hydrogen-bond acceptors (Lipinski definition) is 3. The molecule has 0 radical (unpaired) electrons. The topological polar surface area (TPSA) is 46.6 Å². The van der Waals surface area contributed by atoms with Crippen LogP contribution in [0.2, 0.25) is 0 Å². The van der Waals surface area contributed by atoms with Crippen LogP contribution in [0.1, 0.15) is 19.4 Å². The molecule has 3 aliphatic rings. The Kier molecular flexibility index (Phi) is 2.21. The highest BCUT2D eigenvalue weighted by atomic mass is 16.5. The van der Waals surface area contributed by atoms with E-state index in [-0.39, 0.29) is 11.8 Å². The normalized spacial score (nSPS) is 40.2. The molecule has 0 saturated carbocycles. The highest BCUT2D eigenvalue weighted by molar-refractivity contribution is 6.23. The number of nitrogens with zero attached hydrogens (tertiary/aromatic N) is 1. The number of amides is 2. The van der Waals surface area contributed by atoms with Crippen LogP contribution in [-0.4, -0.2) is 23.0 Å². The average Bonchev–Trinajstić information content (AvgIpc) is 2.95. The zero-order chi connectivity index (χ0) is 15.0. The van der Waals surface area contributed by atoms with Gasteiger partial charge in [0.2, 0.25) is 11.8 Å². The molecular formula is C17H17NO3. The molecule has 1 aromatic carbocycles. The van der Waals surface area contributed by atoms with E-state index in [4.69, 9.17) is 4.74 Å². The molecule has 4 rings (SSSR count). The Labute approximate surface area is 123 Å². The quantitative estimate of drug-likeness (QED) is 0.586. The van der Waals surface area contributed by atoms with Crippen molar-refractivity contribution in [1.29, 1.82) is 0 Å². The summed E-state index contributed by atoms with van der Waals surface area (Å²) < 4.78 is 5.98. The predicted molar refractivity (Wildman–Crippen MR) is 77.7 cm³/mol. The molecule has 3 heterocycles. The minimum absolute atomic E-state index is 0.147. The van der Waals surface area contributed by atoms with Gasteiger partial charge in [0, 0.05) is 0 Å². The first-order chi connectivity index (χ1) is 9.86. The number of rotatable bonds is 1.